The molecule has 3 nitrogen and oxygen atoms in total. The molecule has 0 spiro atoms. The lowest BCUT2D eigenvalue weighted by atomic mass is 9.94. The maximum absolute atomic E-state index is 13.6. The molecule has 1 N–H and O–H groups in total. The first-order valence-corrected chi connectivity index (χ1v) is 5.04. The van der Waals surface area contributed by atoms with Gasteiger partial charge in [0.2, 0.25) is 0 Å². The molecular weight excluding hydrogens is 235 g/mol. The van der Waals surface area contributed by atoms with Crippen molar-refractivity contribution in [3.8, 4) is 0 Å². The molecule has 0 aromatic heterocycles. The predicted molar refractivity (Wildman–Crippen MR) is 58.8 cm³/mol. The van der Waals surface area contributed by atoms with E-state index in [1.807, 2.05) is 0 Å². The standard InChI is InChI=1S/C11H14ClFO3/c1-11(14,10(15-2)16-3)8-5-4-7(12)6-9(8)13/h4-6,10,14H,1-3H3. The van der Waals surface area contributed by atoms with Crippen LogP contribution >= 0.6 is 11.6 Å². The predicted octanol–water partition coefficient (Wildman–Crippen LogP) is 2.31. The zero-order valence-corrected chi connectivity index (χ0v) is 10.1. The van der Waals surface area contributed by atoms with Crippen molar-refractivity contribution in [2.24, 2.45) is 0 Å². The van der Waals surface area contributed by atoms with Crippen LogP contribution in [0.4, 0.5) is 4.39 Å². The van der Waals surface area contributed by atoms with E-state index in [2.05, 4.69) is 0 Å². The van der Waals surface area contributed by atoms with Gasteiger partial charge in [-0.3, -0.25) is 0 Å². The van der Waals surface area contributed by atoms with E-state index in [0.29, 0.717) is 0 Å². The molecule has 0 radical (unpaired) electrons. The smallest absolute Gasteiger partial charge is 0.189 e. The van der Waals surface area contributed by atoms with E-state index in [4.69, 9.17) is 21.1 Å². The molecule has 0 heterocycles. The summed E-state index contributed by atoms with van der Waals surface area (Å²) in [6, 6.07) is 4.03. The van der Waals surface area contributed by atoms with Gasteiger partial charge in [0.25, 0.3) is 0 Å². The highest BCUT2D eigenvalue weighted by molar-refractivity contribution is 6.30. The molecule has 90 valence electrons. The van der Waals surface area contributed by atoms with E-state index in [1.54, 1.807) is 0 Å². The molecule has 0 fully saturated rings. The van der Waals surface area contributed by atoms with Gasteiger partial charge in [0.1, 0.15) is 11.4 Å². The Hall–Kier alpha value is -0.680. The average molecular weight is 249 g/mol. The van der Waals surface area contributed by atoms with Crippen molar-refractivity contribution in [1.29, 1.82) is 0 Å². The Morgan fingerprint density at radius 1 is 1.38 bits per heavy atom. The molecule has 0 saturated carbocycles. The van der Waals surface area contributed by atoms with Crippen LogP contribution in [0.15, 0.2) is 18.2 Å². The van der Waals surface area contributed by atoms with Gasteiger partial charge in [0.15, 0.2) is 6.29 Å². The van der Waals surface area contributed by atoms with Crippen LogP contribution in [0, 0.1) is 5.82 Å². The zero-order chi connectivity index (χ0) is 12.3. The second kappa shape index (κ2) is 5.10. The van der Waals surface area contributed by atoms with Crippen LogP contribution in [-0.4, -0.2) is 25.6 Å². The number of ether oxygens (including phenoxy) is 2. The minimum absolute atomic E-state index is 0.0746. The van der Waals surface area contributed by atoms with Gasteiger partial charge < -0.3 is 14.6 Å². The highest BCUT2D eigenvalue weighted by Crippen LogP contribution is 2.30. The van der Waals surface area contributed by atoms with Crippen molar-refractivity contribution in [2.45, 2.75) is 18.8 Å². The van der Waals surface area contributed by atoms with E-state index in [1.165, 1.54) is 33.3 Å². The molecule has 16 heavy (non-hydrogen) atoms. The molecular formula is C11H14ClFO3. The Morgan fingerprint density at radius 2 is 1.94 bits per heavy atom. The van der Waals surface area contributed by atoms with Gasteiger partial charge in [-0.1, -0.05) is 17.7 Å². The van der Waals surface area contributed by atoms with Gasteiger partial charge in [0, 0.05) is 24.8 Å². The second-order valence-electron chi connectivity index (χ2n) is 3.58. The minimum Gasteiger partial charge on any atom is -0.380 e. The van der Waals surface area contributed by atoms with Crippen molar-refractivity contribution in [2.75, 3.05) is 14.2 Å². The molecule has 1 aromatic carbocycles. The normalized spacial score (nSPS) is 15.2. The largest absolute Gasteiger partial charge is 0.380 e. The summed E-state index contributed by atoms with van der Waals surface area (Å²) in [5.74, 6) is -0.600. The molecule has 1 aromatic rings. The summed E-state index contributed by atoms with van der Waals surface area (Å²) in [6.07, 6.45) is -0.955. The Kier molecular flexibility index (Phi) is 4.27. The number of hydrogen-bond acceptors (Lipinski definition) is 3. The van der Waals surface area contributed by atoms with Crippen molar-refractivity contribution < 1.29 is 19.0 Å². The van der Waals surface area contributed by atoms with Crippen LogP contribution in [0.3, 0.4) is 0 Å². The molecule has 0 amide bonds. The highest BCUT2D eigenvalue weighted by Gasteiger charge is 2.36. The van der Waals surface area contributed by atoms with Gasteiger partial charge in [-0.2, -0.15) is 0 Å². The molecule has 1 unspecified atom stereocenters. The molecule has 0 bridgehead atoms. The first-order chi connectivity index (χ1) is 7.43. The first-order valence-electron chi connectivity index (χ1n) is 4.67. The van der Waals surface area contributed by atoms with Crippen LogP contribution in [0.5, 0.6) is 0 Å². The van der Waals surface area contributed by atoms with Crippen LogP contribution in [0.25, 0.3) is 0 Å². The third kappa shape index (κ3) is 2.52. The van der Waals surface area contributed by atoms with Crippen LogP contribution in [0.2, 0.25) is 5.02 Å². The summed E-state index contributed by atoms with van der Waals surface area (Å²) in [5.41, 5.74) is -1.51. The lowest BCUT2D eigenvalue weighted by Crippen LogP contribution is -2.40. The fourth-order valence-electron chi connectivity index (χ4n) is 1.58. The van der Waals surface area contributed by atoms with E-state index in [0.717, 1.165) is 6.07 Å². The number of methoxy groups -OCH3 is 2. The quantitative estimate of drug-likeness (QED) is 0.831. The van der Waals surface area contributed by atoms with Gasteiger partial charge in [-0.25, -0.2) is 4.39 Å². The van der Waals surface area contributed by atoms with Crippen molar-refractivity contribution in [1.82, 2.24) is 0 Å². The Balaban J connectivity index is 3.15. The Bertz CT molecular complexity index is 364. The van der Waals surface area contributed by atoms with E-state index in [-0.39, 0.29) is 10.6 Å². The Labute approximate surface area is 98.7 Å². The van der Waals surface area contributed by atoms with E-state index in [9.17, 15) is 9.50 Å². The van der Waals surface area contributed by atoms with Gasteiger partial charge in [-0.05, 0) is 19.1 Å². The number of hydrogen-bond donors (Lipinski definition) is 1. The monoisotopic (exact) mass is 248 g/mol. The highest BCUT2D eigenvalue weighted by atomic mass is 35.5. The Morgan fingerprint density at radius 3 is 2.38 bits per heavy atom. The summed E-state index contributed by atoms with van der Waals surface area (Å²) in [5, 5.41) is 10.5. The topological polar surface area (TPSA) is 38.7 Å². The summed E-state index contributed by atoms with van der Waals surface area (Å²) >= 11 is 5.63. The number of rotatable bonds is 4. The molecule has 0 aliphatic rings. The van der Waals surface area contributed by atoms with Gasteiger partial charge in [0.05, 0.1) is 0 Å². The SMILES string of the molecule is COC(OC)C(C)(O)c1ccc(Cl)cc1F. The molecule has 1 rings (SSSR count). The fourth-order valence-corrected chi connectivity index (χ4v) is 1.74. The summed E-state index contributed by atoms with van der Waals surface area (Å²) in [4.78, 5) is 0. The van der Waals surface area contributed by atoms with Gasteiger partial charge in [-0.15, -0.1) is 0 Å². The van der Waals surface area contributed by atoms with Crippen LogP contribution < -0.4 is 0 Å². The second-order valence-corrected chi connectivity index (χ2v) is 4.01. The minimum atomic E-state index is -1.59. The fraction of sp³-hybridized carbons (Fsp3) is 0.455. The van der Waals surface area contributed by atoms with E-state index < -0.39 is 17.7 Å². The van der Waals surface area contributed by atoms with Crippen LogP contribution in [0.1, 0.15) is 12.5 Å². The van der Waals surface area contributed by atoms with Gasteiger partial charge >= 0.3 is 0 Å². The molecule has 0 aliphatic carbocycles. The summed E-state index contributed by atoms with van der Waals surface area (Å²) in [6.45, 7) is 1.41. The number of halogens is 2. The molecule has 0 saturated heterocycles. The molecule has 5 heteroatoms. The van der Waals surface area contributed by atoms with Crippen molar-refractivity contribution in [3.05, 3.63) is 34.6 Å². The third-order valence-electron chi connectivity index (χ3n) is 2.36. The first kappa shape index (κ1) is 13.4. The molecule has 1 atom stereocenters. The maximum Gasteiger partial charge on any atom is 0.189 e. The third-order valence-corrected chi connectivity index (χ3v) is 2.60. The maximum atomic E-state index is 13.6. The van der Waals surface area contributed by atoms with E-state index >= 15 is 0 Å². The van der Waals surface area contributed by atoms with Crippen molar-refractivity contribution in [3.63, 3.8) is 0 Å². The average Bonchev–Trinajstić information content (AvgIpc) is 2.18. The van der Waals surface area contributed by atoms with Crippen molar-refractivity contribution >= 4 is 11.6 Å². The zero-order valence-electron chi connectivity index (χ0n) is 9.33. The number of aliphatic hydroxyl groups is 1. The van der Waals surface area contributed by atoms with Crippen LogP contribution in [-0.2, 0) is 15.1 Å². The lowest BCUT2D eigenvalue weighted by molar-refractivity contribution is -0.214. The summed E-state index contributed by atoms with van der Waals surface area (Å²) < 4.78 is 23.5. The molecule has 0 aliphatic heterocycles. The number of benzene rings is 1. The lowest BCUT2D eigenvalue weighted by Gasteiger charge is -2.31. The summed E-state index contributed by atoms with van der Waals surface area (Å²) in [7, 11) is 2.74.